The highest BCUT2D eigenvalue weighted by Gasteiger charge is 2.16. The Morgan fingerprint density at radius 3 is 2.50 bits per heavy atom. The third-order valence-electron chi connectivity index (χ3n) is 4.50. The molecular formula is C19H27BrO2. The van der Waals surface area contributed by atoms with Crippen LogP contribution in [0.2, 0.25) is 0 Å². The molecule has 2 nitrogen and oxygen atoms in total. The molecule has 2 rings (SSSR count). The molecule has 1 aliphatic carbocycles. The van der Waals surface area contributed by atoms with E-state index in [9.17, 15) is 4.79 Å². The van der Waals surface area contributed by atoms with Gasteiger partial charge in [0.15, 0.2) is 5.78 Å². The van der Waals surface area contributed by atoms with E-state index in [0.29, 0.717) is 18.3 Å². The lowest BCUT2D eigenvalue weighted by Gasteiger charge is -2.14. The van der Waals surface area contributed by atoms with Crippen LogP contribution in [0.5, 0.6) is 5.75 Å². The largest absolute Gasteiger partial charge is 0.485 e. The summed E-state index contributed by atoms with van der Waals surface area (Å²) < 4.78 is 6.64. The minimum Gasteiger partial charge on any atom is -0.485 e. The number of ketones is 1. The van der Waals surface area contributed by atoms with Crippen molar-refractivity contribution in [1.29, 1.82) is 0 Å². The van der Waals surface area contributed by atoms with Crippen LogP contribution in [-0.2, 0) is 4.79 Å². The summed E-state index contributed by atoms with van der Waals surface area (Å²) in [4.78, 5) is 12.1. The van der Waals surface area contributed by atoms with Crippen LogP contribution in [0.4, 0.5) is 0 Å². The molecule has 1 saturated carbocycles. The lowest BCUT2D eigenvalue weighted by molar-refractivity contribution is -0.122. The number of hydrogen-bond acceptors (Lipinski definition) is 2. The number of rotatable bonds is 6. The summed E-state index contributed by atoms with van der Waals surface area (Å²) in [5.41, 5.74) is 1.27. The Bertz CT molecular complexity index is 488. The molecule has 0 N–H and O–H groups in total. The van der Waals surface area contributed by atoms with Gasteiger partial charge in [-0.05, 0) is 45.5 Å². The summed E-state index contributed by atoms with van der Waals surface area (Å²) in [6, 6.07) is 6.11. The zero-order valence-corrected chi connectivity index (χ0v) is 15.3. The topological polar surface area (TPSA) is 26.3 Å². The fraction of sp³-hybridized carbons (Fsp3) is 0.632. The highest BCUT2D eigenvalue weighted by atomic mass is 79.9. The molecule has 0 unspecified atom stereocenters. The smallest absolute Gasteiger partial charge is 0.170 e. The highest BCUT2D eigenvalue weighted by Crippen LogP contribution is 2.29. The van der Waals surface area contributed by atoms with Crippen LogP contribution in [0.1, 0.15) is 70.3 Å². The molecule has 3 heteroatoms. The molecule has 0 radical (unpaired) electrons. The van der Waals surface area contributed by atoms with Gasteiger partial charge in [0.25, 0.3) is 0 Å². The molecule has 0 bridgehead atoms. The molecule has 0 aromatic heterocycles. The lowest BCUT2D eigenvalue weighted by atomic mass is 9.95. The van der Waals surface area contributed by atoms with E-state index in [-0.39, 0.29) is 12.4 Å². The third-order valence-corrected chi connectivity index (χ3v) is 5.12. The average molecular weight is 367 g/mol. The third kappa shape index (κ3) is 5.42. The van der Waals surface area contributed by atoms with Gasteiger partial charge < -0.3 is 4.74 Å². The van der Waals surface area contributed by atoms with E-state index in [0.717, 1.165) is 10.2 Å². The van der Waals surface area contributed by atoms with Crippen molar-refractivity contribution in [3.05, 3.63) is 28.2 Å². The van der Waals surface area contributed by atoms with E-state index < -0.39 is 0 Å². The van der Waals surface area contributed by atoms with Crippen molar-refractivity contribution in [3.8, 4) is 5.75 Å². The van der Waals surface area contributed by atoms with E-state index in [4.69, 9.17) is 4.74 Å². The molecule has 22 heavy (non-hydrogen) atoms. The van der Waals surface area contributed by atoms with E-state index >= 15 is 0 Å². The quantitative estimate of drug-likeness (QED) is 0.587. The van der Waals surface area contributed by atoms with Crippen molar-refractivity contribution in [2.24, 2.45) is 5.92 Å². The molecule has 0 amide bonds. The molecule has 0 aliphatic heterocycles. The molecular weight excluding hydrogens is 340 g/mol. The van der Waals surface area contributed by atoms with Gasteiger partial charge in [0.05, 0.1) is 4.47 Å². The monoisotopic (exact) mass is 366 g/mol. The summed E-state index contributed by atoms with van der Waals surface area (Å²) in [6.45, 7) is 4.52. The second-order valence-corrected chi connectivity index (χ2v) is 7.59. The number of halogens is 1. The van der Waals surface area contributed by atoms with E-state index in [1.165, 1.54) is 44.1 Å². The first kappa shape index (κ1) is 17.5. The number of Topliss-reactive ketones (excluding diaryl/α,β-unsaturated/α-hetero) is 1. The standard InChI is InChI=1S/C19H27BrO2/c1-14(2)16-9-10-19(18(20)12-16)22-13-17(21)11-15-7-5-3-4-6-8-15/h9-10,12,14-15H,3-8,11,13H2,1-2H3. The zero-order valence-electron chi connectivity index (χ0n) is 13.7. The summed E-state index contributed by atoms with van der Waals surface area (Å²) in [6.07, 6.45) is 8.31. The van der Waals surface area contributed by atoms with E-state index in [1.807, 2.05) is 6.07 Å². The van der Waals surface area contributed by atoms with Crippen molar-refractivity contribution in [3.63, 3.8) is 0 Å². The molecule has 0 spiro atoms. The van der Waals surface area contributed by atoms with Crippen molar-refractivity contribution in [1.82, 2.24) is 0 Å². The molecule has 0 saturated heterocycles. The van der Waals surface area contributed by atoms with Gasteiger partial charge in [-0.2, -0.15) is 0 Å². The van der Waals surface area contributed by atoms with Crippen molar-refractivity contribution < 1.29 is 9.53 Å². The van der Waals surface area contributed by atoms with Gasteiger partial charge in [-0.1, -0.05) is 58.4 Å². The van der Waals surface area contributed by atoms with Crippen LogP contribution in [0.3, 0.4) is 0 Å². The Morgan fingerprint density at radius 1 is 1.23 bits per heavy atom. The van der Waals surface area contributed by atoms with Gasteiger partial charge in [0.2, 0.25) is 0 Å². The Balaban J connectivity index is 1.83. The summed E-state index contributed by atoms with van der Waals surface area (Å²) in [7, 11) is 0. The van der Waals surface area contributed by atoms with Crippen LogP contribution in [0.25, 0.3) is 0 Å². The van der Waals surface area contributed by atoms with Crippen molar-refractivity contribution >= 4 is 21.7 Å². The molecule has 0 heterocycles. The fourth-order valence-corrected chi connectivity index (χ4v) is 3.61. The second-order valence-electron chi connectivity index (χ2n) is 6.73. The molecule has 1 aliphatic rings. The first-order valence-corrected chi connectivity index (χ1v) is 9.29. The van der Waals surface area contributed by atoms with Crippen molar-refractivity contribution in [2.45, 2.75) is 64.7 Å². The van der Waals surface area contributed by atoms with E-state index in [1.54, 1.807) is 0 Å². The van der Waals surface area contributed by atoms with Gasteiger partial charge >= 0.3 is 0 Å². The first-order chi connectivity index (χ1) is 10.6. The van der Waals surface area contributed by atoms with Gasteiger partial charge in [0, 0.05) is 6.42 Å². The highest BCUT2D eigenvalue weighted by molar-refractivity contribution is 9.10. The molecule has 1 aromatic carbocycles. The zero-order chi connectivity index (χ0) is 15.9. The number of ether oxygens (including phenoxy) is 1. The van der Waals surface area contributed by atoms with Crippen LogP contribution >= 0.6 is 15.9 Å². The average Bonchev–Trinajstić information content (AvgIpc) is 2.74. The number of hydrogen-bond donors (Lipinski definition) is 0. The van der Waals surface area contributed by atoms with Gasteiger partial charge in [-0.25, -0.2) is 0 Å². The Kier molecular flexibility index (Phi) is 6.94. The Hall–Kier alpha value is -0.830. The van der Waals surface area contributed by atoms with Gasteiger partial charge in [-0.3, -0.25) is 4.79 Å². The number of benzene rings is 1. The number of carbonyl (C=O) groups is 1. The summed E-state index contributed by atoms with van der Waals surface area (Å²) >= 11 is 3.54. The summed E-state index contributed by atoms with van der Waals surface area (Å²) in [5, 5.41) is 0. The predicted octanol–water partition coefficient (Wildman–Crippen LogP) is 5.88. The molecule has 0 atom stereocenters. The molecule has 1 aromatic rings. The van der Waals surface area contributed by atoms with Crippen LogP contribution in [0, 0.1) is 5.92 Å². The SMILES string of the molecule is CC(C)c1ccc(OCC(=O)CC2CCCCCC2)c(Br)c1. The minimum atomic E-state index is 0.191. The van der Waals surface area contributed by atoms with Crippen LogP contribution in [-0.4, -0.2) is 12.4 Å². The first-order valence-electron chi connectivity index (χ1n) is 8.50. The van der Waals surface area contributed by atoms with Gasteiger partial charge in [-0.15, -0.1) is 0 Å². The fourth-order valence-electron chi connectivity index (χ4n) is 3.10. The van der Waals surface area contributed by atoms with Crippen LogP contribution < -0.4 is 4.74 Å². The second kappa shape index (κ2) is 8.71. The molecule has 122 valence electrons. The summed E-state index contributed by atoms with van der Waals surface area (Å²) in [5.74, 6) is 2.05. The maximum Gasteiger partial charge on any atom is 0.170 e. The van der Waals surface area contributed by atoms with Crippen LogP contribution in [0.15, 0.2) is 22.7 Å². The minimum absolute atomic E-state index is 0.191. The lowest BCUT2D eigenvalue weighted by Crippen LogP contribution is -2.16. The Labute approximate surface area is 142 Å². The predicted molar refractivity (Wildman–Crippen MR) is 94.5 cm³/mol. The number of carbonyl (C=O) groups excluding carboxylic acids is 1. The molecule has 1 fully saturated rings. The van der Waals surface area contributed by atoms with Gasteiger partial charge in [0.1, 0.15) is 12.4 Å². The van der Waals surface area contributed by atoms with Crippen molar-refractivity contribution in [2.75, 3.05) is 6.61 Å². The Morgan fingerprint density at radius 2 is 1.91 bits per heavy atom. The maximum atomic E-state index is 12.1. The van der Waals surface area contributed by atoms with E-state index in [2.05, 4.69) is 41.9 Å². The normalized spacial score (nSPS) is 16.5. The maximum absolute atomic E-state index is 12.1.